The average Bonchev–Trinajstić information content (AvgIpc) is 2.86. The maximum Gasteiger partial charge on any atom is 0.276 e. The standard InChI is InChI=1S/C14H18N2O2/c17-12-7-2-8-15-13(12)14(18)16-9-3-5-10-4-1-6-11(10)16/h2,7-8,10-11,17H,1,3-6,9H2. The van der Waals surface area contributed by atoms with E-state index in [1.165, 1.54) is 25.3 Å². The van der Waals surface area contributed by atoms with E-state index in [-0.39, 0.29) is 17.4 Å². The quantitative estimate of drug-likeness (QED) is 0.826. The molecular formula is C14H18N2O2. The van der Waals surface area contributed by atoms with Crippen LogP contribution in [0.2, 0.25) is 0 Å². The van der Waals surface area contributed by atoms with E-state index in [0.717, 1.165) is 19.4 Å². The zero-order valence-corrected chi connectivity index (χ0v) is 10.4. The molecule has 4 nitrogen and oxygen atoms in total. The zero-order chi connectivity index (χ0) is 12.5. The number of carbonyl (C=O) groups excluding carboxylic acids is 1. The molecule has 1 amide bonds. The van der Waals surface area contributed by atoms with E-state index >= 15 is 0 Å². The van der Waals surface area contributed by atoms with Crippen LogP contribution in [-0.4, -0.2) is 33.5 Å². The van der Waals surface area contributed by atoms with E-state index in [1.807, 2.05) is 4.90 Å². The average molecular weight is 246 g/mol. The first-order chi connectivity index (χ1) is 8.77. The second kappa shape index (κ2) is 4.59. The second-order valence-corrected chi connectivity index (χ2v) is 5.27. The van der Waals surface area contributed by atoms with Crippen LogP contribution in [0.1, 0.15) is 42.6 Å². The van der Waals surface area contributed by atoms with Crippen molar-refractivity contribution >= 4 is 5.91 Å². The van der Waals surface area contributed by atoms with Crippen molar-refractivity contribution in [2.45, 2.75) is 38.1 Å². The molecular weight excluding hydrogens is 228 g/mol. The molecule has 0 radical (unpaired) electrons. The molecule has 1 N–H and O–H groups in total. The number of pyridine rings is 1. The van der Waals surface area contributed by atoms with Gasteiger partial charge in [0.25, 0.3) is 5.91 Å². The lowest BCUT2D eigenvalue weighted by Gasteiger charge is -2.37. The first kappa shape index (κ1) is 11.5. The lowest BCUT2D eigenvalue weighted by atomic mass is 9.91. The van der Waals surface area contributed by atoms with Gasteiger partial charge in [0.2, 0.25) is 0 Å². The number of likely N-dealkylation sites (tertiary alicyclic amines) is 1. The molecule has 2 unspecified atom stereocenters. The first-order valence-electron chi connectivity index (χ1n) is 6.72. The Kier molecular flexibility index (Phi) is 2.94. The highest BCUT2D eigenvalue weighted by molar-refractivity contribution is 5.95. The third kappa shape index (κ3) is 1.85. The van der Waals surface area contributed by atoms with Crippen molar-refractivity contribution in [3.05, 3.63) is 24.0 Å². The number of hydrogen-bond acceptors (Lipinski definition) is 3. The summed E-state index contributed by atoms with van der Waals surface area (Å²) in [6.07, 6.45) is 7.42. The Hall–Kier alpha value is -1.58. The molecule has 2 atom stereocenters. The fraction of sp³-hybridized carbons (Fsp3) is 0.571. The van der Waals surface area contributed by atoms with Crippen LogP contribution in [0.15, 0.2) is 18.3 Å². The van der Waals surface area contributed by atoms with Crippen LogP contribution in [-0.2, 0) is 0 Å². The highest BCUT2D eigenvalue weighted by atomic mass is 16.3. The minimum Gasteiger partial charge on any atom is -0.505 e. The number of piperidine rings is 1. The summed E-state index contributed by atoms with van der Waals surface area (Å²) in [5.41, 5.74) is 0.199. The van der Waals surface area contributed by atoms with Gasteiger partial charge in [-0.1, -0.05) is 6.42 Å². The van der Waals surface area contributed by atoms with Gasteiger partial charge >= 0.3 is 0 Å². The molecule has 1 aromatic rings. The number of rotatable bonds is 1. The molecule has 3 rings (SSSR count). The summed E-state index contributed by atoms with van der Waals surface area (Å²) in [6, 6.07) is 3.53. The Morgan fingerprint density at radius 1 is 1.33 bits per heavy atom. The zero-order valence-electron chi connectivity index (χ0n) is 10.4. The summed E-state index contributed by atoms with van der Waals surface area (Å²) in [6.45, 7) is 0.802. The number of aromatic nitrogens is 1. The maximum atomic E-state index is 12.5. The predicted molar refractivity (Wildman–Crippen MR) is 67.3 cm³/mol. The van der Waals surface area contributed by atoms with Crippen LogP contribution in [0, 0.1) is 5.92 Å². The molecule has 1 saturated carbocycles. The smallest absolute Gasteiger partial charge is 0.276 e. The van der Waals surface area contributed by atoms with E-state index in [1.54, 1.807) is 12.3 Å². The number of carbonyl (C=O) groups is 1. The minimum absolute atomic E-state index is 0.0115. The van der Waals surface area contributed by atoms with E-state index in [9.17, 15) is 9.90 Å². The molecule has 18 heavy (non-hydrogen) atoms. The first-order valence-corrected chi connectivity index (χ1v) is 6.72. The summed E-state index contributed by atoms with van der Waals surface area (Å²) < 4.78 is 0. The van der Waals surface area contributed by atoms with E-state index < -0.39 is 0 Å². The largest absolute Gasteiger partial charge is 0.505 e. The number of nitrogens with zero attached hydrogens (tertiary/aromatic N) is 2. The fourth-order valence-electron chi connectivity index (χ4n) is 3.40. The molecule has 2 heterocycles. The fourth-order valence-corrected chi connectivity index (χ4v) is 3.40. The summed E-state index contributed by atoms with van der Waals surface area (Å²) in [7, 11) is 0. The van der Waals surface area contributed by atoms with Crippen molar-refractivity contribution in [3.8, 4) is 5.75 Å². The van der Waals surface area contributed by atoms with Gasteiger partial charge in [0, 0.05) is 18.8 Å². The van der Waals surface area contributed by atoms with Gasteiger partial charge < -0.3 is 10.0 Å². The number of amides is 1. The molecule has 4 heteroatoms. The topological polar surface area (TPSA) is 53.4 Å². The summed E-state index contributed by atoms with van der Waals surface area (Å²) >= 11 is 0. The van der Waals surface area contributed by atoms with Crippen LogP contribution in [0.5, 0.6) is 5.75 Å². The highest BCUT2D eigenvalue weighted by Crippen LogP contribution is 2.37. The van der Waals surface area contributed by atoms with Gasteiger partial charge in [-0.15, -0.1) is 0 Å². The Balaban J connectivity index is 1.86. The van der Waals surface area contributed by atoms with Crippen LogP contribution in [0.25, 0.3) is 0 Å². The van der Waals surface area contributed by atoms with Crippen molar-refractivity contribution in [1.29, 1.82) is 0 Å². The molecule has 0 spiro atoms. The second-order valence-electron chi connectivity index (χ2n) is 5.27. The van der Waals surface area contributed by atoms with Crippen LogP contribution < -0.4 is 0 Å². The molecule has 2 aliphatic rings. The van der Waals surface area contributed by atoms with E-state index in [4.69, 9.17) is 0 Å². The van der Waals surface area contributed by atoms with Crippen molar-refractivity contribution in [2.75, 3.05) is 6.54 Å². The number of aromatic hydroxyl groups is 1. The molecule has 2 fully saturated rings. The van der Waals surface area contributed by atoms with Gasteiger partial charge in [-0.3, -0.25) is 4.79 Å². The Morgan fingerprint density at radius 3 is 3.00 bits per heavy atom. The highest BCUT2D eigenvalue weighted by Gasteiger charge is 2.38. The van der Waals surface area contributed by atoms with E-state index in [2.05, 4.69) is 4.98 Å². The van der Waals surface area contributed by atoms with Gasteiger partial charge in [-0.2, -0.15) is 0 Å². The predicted octanol–water partition coefficient (Wildman–Crippen LogP) is 2.19. The monoisotopic (exact) mass is 246 g/mol. The molecule has 0 bridgehead atoms. The van der Waals surface area contributed by atoms with Gasteiger partial charge in [0.15, 0.2) is 5.69 Å². The van der Waals surface area contributed by atoms with Crippen LogP contribution in [0.3, 0.4) is 0 Å². The third-order valence-electron chi connectivity index (χ3n) is 4.24. The van der Waals surface area contributed by atoms with Crippen molar-refractivity contribution in [2.24, 2.45) is 5.92 Å². The van der Waals surface area contributed by atoms with Gasteiger partial charge in [-0.25, -0.2) is 4.98 Å². The molecule has 1 aliphatic carbocycles. The van der Waals surface area contributed by atoms with Crippen LogP contribution >= 0.6 is 0 Å². The summed E-state index contributed by atoms with van der Waals surface area (Å²) in [4.78, 5) is 18.4. The van der Waals surface area contributed by atoms with Crippen molar-refractivity contribution < 1.29 is 9.90 Å². The molecule has 1 aliphatic heterocycles. The SMILES string of the molecule is O=C(c1ncccc1O)N1CCCC2CCCC21. The minimum atomic E-state index is -0.107. The van der Waals surface area contributed by atoms with Crippen molar-refractivity contribution in [1.82, 2.24) is 9.88 Å². The van der Waals surface area contributed by atoms with Gasteiger partial charge in [0.1, 0.15) is 5.75 Å². The Morgan fingerprint density at radius 2 is 2.17 bits per heavy atom. The van der Waals surface area contributed by atoms with Gasteiger partial charge in [-0.05, 0) is 43.7 Å². The van der Waals surface area contributed by atoms with Gasteiger partial charge in [0.05, 0.1) is 0 Å². The summed E-state index contributed by atoms with van der Waals surface area (Å²) in [5, 5.41) is 9.74. The molecule has 1 aromatic heterocycles. The lowest BCUT2D eigenvalue weighted by Crippen LogP contribution is -2.46. The van der Waals surface area contributed by atoms with Crippen LogP contribution in [0.4, 0.5) is 0 Å². The maximum absolute atomic E-state index is 12.5. The lowest BCUT2D eigenvalue weighted by molar-refractivity contribution is 0.0539. The molecule has 1 saturated heterocycles. The Labute approximate surface area is 107 Å². The molecule has 96 valence electrons. The third-order valence-corrected chi connectivity index (χ3v) is 4.24. The van der Waals surface area contributed by atoms with Crippen molar-refractivity contribution in [3.63, 3.8) is 0 Å². The normalized spacial score (nSPS) is 27.0. The number of hydrogen-bond donors (Lipinski definition) is 1. The Bertz CT molecular complexity index is 461. The van der Waals surface area contributed by atoms with E-state index in [0.29, 0.717) is 12.0 Å². The summed E-state index contributed by atoms with van der Waals surface area (Å²) in [5.74, 6) is 0.542. The number of fused-ring (bicyclic) bond motifs is 1. The molecule has 0 aromatic carbocycles.